The summed E-state index contributed by atoms with van der Waals surface area (Å²) in [5.41, 5.74) is 8.67. The van der Waals surface area contributed by atoms with Gasteiger partial charge in [0, 0.05) is 29.1 Å². The minimum Gasteiger partial charge on any atom is -0.374 e. The lowest BCUT2D eigenvalue weighted by molar-refractivity contribution is 0.187. The quantitative estimate of drug-likeness (QED) is 0.632. The first-order valence-corrected chi connectivity index (χ1v) is 8.90. The van der Waals surface area contributed by atoms with Gasteiger partial charge in [0.15, 0.2) is 0 Å². The van der Waals surface area contributed by atoms with E-state index in [1.807, 2.05) is 12.1 Å². The van der Waals surface area contributed by atoms with Crippen LogP contribution in [0.3, 0.4) is 0 Å². The van der Waals surface area contributed by atoms with Crippen molar-refractivity contribution in [2.24, 2.45) is 5.73 Å². The Morgan fingerprint density at radius 1 is 1.31 bits per heavy atom. The molecule has 1 fully saturated rings. The summed E-state index contributed by atoms with van der Waals surface area (Å²) in [6, 6.07) is 10.9. The molecular formula is C20H23FN4O. The molecule has 5 nitrogen and oxygen atoms in total. The highest BCUT2D eigenvalue weighted by atomic mass is 19.1. The summed E-state index contributed by atoms with van der Waals surface area (Å²) in [6.45, 7) is 4.35. The number of nitrogens with two attached hydrogens (primary N) is 1. The fourth-order valence-corrected chi connectivity index (χ4v) is 3.80. The van der Waals surface area contributed by atoms with E-state index in [-0.39, 0.29) is 11.0 Å². The monoisotopic (exact) mass is 354 g/mol. The molecule has 4 rings (SSSR count). The smallest absolute Gasteiger partial charge is 0.130 e. The molecule has 2 heterocycles. The van der Waals surface area contributed by atoms with Crippen molar-refractivity contribution in [2.45, 2.75) is 31.4 Å². The SMILES string of the molecule is C[C@@]1(c2ccc(-n3cc4cc(F)cc(C(N)O)c4n3)cc2)CCCNC1. The number of piperidine rings is 1. The third-order valence-electron chi connectivity index (χ3n) is 5.35. The Labute approximate surface area is 151 Å². The van der Waals surface area contributed by atoms with Crippen molar-refractivity contribution in [3.8, 4) is 5.69 Å². The summed E-state index contributed by atoms with van der Waals surface area (Å²) in [4.78, 5) is 0. The molecule has 0 spiro atoms. The highest BCUT2D eigenvalue weighted by Crippen LogP contribution is 2.31. The Morgan fingerprint density at radius 2 is 2.08 bits per heavy atom. The zero-order chi connectivity index (χ0) is 18.3. The summed E-state index contributed by atoms with van der Waals surface area (Å²) in [7, 11) is 0. The number of aromatic nitrogens is 2. The topological polar surface area (TPSA) is 76.1 Å². The van der Waals surface area contributed by atoms with E-state index < -0.39 is 12.0 Å². The predicted octanol–water partition coefficient (Wildman–Crippen LogP) is 2.76. The zero-order valence-corrected chi connectivity index (χ0v) is 14.7. The molecule has 0 bridgehead atoms. The van der Waals surface area contributed by atoms with Crippen LogP contribution in [0.25, 0.3) is 16.6 Å². The Hall–Kier alpha value is -2.28. The van der Waals surface area contributed by atoms with Crippen molar-refractivity contribution < 1.29 is 9.50 Å². The lowest BCUT2D eigenvalue weighted by atomic mass is 9.76. The van der Waals surface area contributed by atoms with Crippen LogP contribution in [0.5, 0.6) is 0 Å². The van der Waals surface area contributed by atoms with Crippen LogP contribution in [-0.2, 0) is 5.41 Å². The third kappa shape index (κ3) is 3.00. The maximum absolute atomic E-state index is 13.8. The third-order valence-corrected chi connectivity index (χ3v) is 5.35. The van der Waals surface area contributed by atoms with E-state index in [0.717, 1.165) is 18.8 Å². The summed E-state index contributed by atoms with van der Waals surface area (Å²) in [6.07, 6.45) is 2.83. The van der Waals surface area contributed by atoms with E-state index in [1.54, 1.807) is 10.9 Å². The van der Waals surface area contributed by atoms with Gasteiger partial charge in [-0.1, -0.05) is 19.1 Å². The van der Waals surface area contributed by atoms with Crippen molar-refractivity contribution in [3.63, 3.8) is 0 Å². The molecule has 1 saturated heterocycles. The van der Waals surface area contributed by atoms with Gasteiger partial charge in [0.05, 0.1) is 5.69 Å². The highest BCUT2D eigenvalue weighted by Gasteiger charge is 2.28. The normalized spacial score (nSPS) is 21.8. The number of hydrogen-bond donors (Lipinski definition) is 3. The van der Waals surface area contributed by atoms with Gasteiger partial charge in [-0.15, -0.1) is 0 Å². The predicted molar refractivity (Wildman–Crippen MR) is 99.6 cm³/mol. The van der Waals surface area contributed by atoms with Crippen molar-refractivity contribution in [2.75, 3.05) is 13.1 Å². The largest absolute Gasteiger partial charge is 0.374 e. The number of aliphatic hydroxyl groups is 1. The van der Waals surface area contributed by atoms with Crippen LogP contribution < -0.4 is 11.1 Å². The second-order valence-corrected chi connectivity index (χ2v) is 7.34. The maximum Gasteiger partial charge on any atom is 0.130 e. The van der Waals surface area contributed by atoms with E-state index in [9.17, 15) is 9.50 Å². The van der Waals surface area contributed by atoms with Gasteiger partial charge in [0.1, 0.15) is 17.6 Å². The number of aliphatic hydroxyl groups excluding tert-OH is 1. The molecule has 0 radical (unpaired) electrons. The van der Waals surface area contributed by atoms with Crippen LogP contribution in [0.15, 0.2) is 42.6 Å². The molecule has 26 heavy (non-hydrogen) atoms. The van der Waals surface area contributed by atoms with E-state index >= 15 is 0 Å². The standard InChI is InChI=1S/C20H23FN4O/c1-20(7-2-8-23-12-20)14-3-5-16(6-4-14)25-11-13-9-15(21)10-17(19(22)26)18(13)24-25/h3-6,9-11,19,23,26H,2,7-8,12,22H2,1H3/t19?,20-/m1/s1. The lowest BCUT2D eigenvalue weighted by Crippen LogP contribution is -2.41. The van der Waals surface area contributed by atoms with Gasteiger partial charge in [-0.3, -0.25) is 0 Å². The van der Waals surface area contributed by atoms with Gasteiger partial charge in [-0.25, -0.2) is 9.07 Å². The first-order valence-electron chi connectivity index (χ1n) is 8.90. The number of hydrogen-bond acceptors (Lipinski definition) is 4. The van der Waals surface area contributed by atoms with Gasteiger partial charge >= 0.3 is 0 Å². The van der Waals surface area contributed by atoms with E-state index in [2.05, 4.69) is 29.5 Å². The Bertz CT molecular complexity index is 927. The van der Waals surface area contributed by atoms with E-state index in [0.29, 0.717) is 10.9 Å². The summed E-state index contributed by atoms with van der Waals surface area (Å²) in [5, 5.41) is 18.3. The molecule has 0 saturated carbocycles. The molecule has 6 heteroatoms. The summed E-state index contributed by atoms with van der Waals surface area (Å²) < 4.78 is 15.5. The molecule has 0 amide bonds. The molecule has 1 aliphatic rings. The molecule has 1 aromatic heterocycles. The van der Waals surface area contributed by atoms with Crippen molar-refractivity contribution in [1.82, 2.24) is 15.1 Å². The Balaban J connectivity index is 1.70. The lowest BCUT2D eigenvalue weighted by Gasteiger charge is -2.34. The second kappa shape index (κ2) is 6.46. The number of benzene rings is 2. The van der Waals surface area contributed by atoms with Crippen LogP contribution in [-0.4, -0.2) is 28.0 Å². The molecule has 4 N–H and O–H groups in total. The minimum absolute atomic E-state index is 0.144. The van der Waals surface area contributed by atoms with Crippen LogP contribution >= 0.6 is 0 Å². The number of halogens is 1. The van der Waals surface area contributed by atoms with Gasteiger partial charge in [0.2, 0.25) is 0 Å². The fraction of sp³-hybridized carbons (Fsp3) is 0.350. The fourth-order valence-electron chi connectivity index (χ4n) is 3.80. The van der Waals surface area contributed by atoms with Crippen molar-refractivity contribution >= 4 is 10.9 Å². The van der Waals surface area contributed by atoms with E-state index in [4.69, 9.17) is 5.73 Å². The maximum atomic E-state index is 13.8. The number of nitrogens with zero attached hydrogens (tertiary/aromatic N) is 2. The first-order chi connectivity index (χ1) is 12.5. The molecule has 1 unspecified atom stereocenters. The number of rotatable bonds is 3. The number of nitrogens with one attached hydrogen (secondary N) is 1. The Kier molecular flexibility index (Phi) is 4.26. The van der Waals surface area contributed by atoms with Gasteiger partial charge in [0.25, 0.3) is 0 Å². The summed E-state index contributed by atoms with van der Waals surface area (Å²) in [5.74, 6) is -0.440. The van der Waals surface area contributed by atoms with Crippen LogP contribution in [0, 0.1) is 5.82 Å². The molecular weight excluding hydrogens is 331 g/mol. The minimum atomic E-state index is -1.27. The average Bonchev–Trinajstić information content (AvgIpc) is 3.05. The zero-order valence-electron chi connectivity index (χ0n) is 14.7. The Morgan fingerprint density at radius 3 is 2.73 bits per heavy atom. The second-order valence-electron chi connectivity index (χ2n) is 7.34. The average molecular weight is 354 g/mol. The van der Waals surface area contributed by atoms with Crippen molar-refractivity contribution in [3.05, 3.63) is 59.5 Å². The van der Waals surface area contributed by atoms with Crippen LogP contribution in [0.4, 0.5) is 4.39 Å². The molecule has 136 valence electrons. The number of fused-ring (bicyclic) bond motifs is 1. The van der Waals surface area contributed by atoms with Crippen molar-refractivity contribution in [1.29, 1.82) is 0 Å². The van der Waals surface area contributed by atoms with Crippen LogP contribution in [0.1, 0.15) is 37.1 Å². The van der Waals surface area contributed by atoms with E-state index in [1.165, 1.54) is 30.5 Å². The summed E-state index contributed by atoms with van der Waals surface area (Å²) >= 11 is 0. The van der Waals surface area contributed by atoms with Crippen LogP contribution in [0.2, 0.25) is 0 Å². The molecule has 1 aliphatic heterocycles. The highest BCUT2D eigenvalue weighted by molar-refractivity contribution is 5.82. The molecule has 0 aliphatic carbocycles. The molecule has 2 atom stereocenters. The van der Waals surface area contributed by atoms with Gasteiger partial charge in [-0.2, -0.15) is 5.10 Å². The van der Waals surface area contributed by atoms with Gasteiger partial charge in [-0.05, 0) is 49.2 Å². The first kappa shape index (κ1) is 17.1. The molecule has 2 aromatic carbocycles. The molecule has 3 aromatic rings. The van der Waals surface area contributed by atoms with Gasteiger partial charge < -0.3 is 16.2 Å².